The van der Waals surface area contributed by atoms with E-state index >= 15 is 0 Å². The molecule has 4 nitrogen and oxygen atoms in total. The monoisotopic (exact) mass is 290 g/mol. The Morgan fingerprint density at radius 1 is 0.950 bits per heavy atom. The second kappa shape index (κ2) is 5.71. The summed E-state index contributed by atoms with van der Waals surface area (Å²) in [5.74, 6) is 7.22. The summed E-state index contributed by atoms with van der Waals surface area (Å²) < 4.78 is 11.1. The highest BCUT2D eigenvalue weighted by atomic mass is 35.5. The quantitative estimate of drug-likeness (QED) is 0.674. The highest BCUT2D eigenvalue weighted by molar-refractivity contribution is 6.30. The van der Waals surface area contributed by atoms with E-state index in [9.17, 15) is 0 Å². The van der Waals surface area contributed by atoms with E-state index in [4.69, 9.17) is 26.9 Å². The fourth-order valence-corrected chi connectivity index (χ4v) is 2.41. The van der Waals surface area contributed by atoms with Crippen molar-refractivity contribution in [1.29, 1.82) is 0 Å². The van der Waals surface area contributed by atoms with E-state index < -0.39 is 0 Å². The minimum Gasteiger partial charge on any atom is -0.486 e. The molecule has 0 aliphatic carbocycles. The molecule has 2 aromatic carbocycles. The average Bonchev–Trinajstić information content (AvgIpc) is 2.50. The predicted molar refractivity (Wildman–Crippen MR) is 78.1 cm³/mol. The van der Waals surface area contributed by atoms with Crippen LogP contribution in [0.4, 0.5) is 0 Å². The Morgan fingerprint density at radius 3 is 2.30 bits per heavy atom. The fraction of sp³-hybridized carbons (Fsp3) is 0.200. The van der Waals surface area contributed by atoms with Crippen LogP contribution in [0.5, 0.6) is 11.5 Å². The summed E-state index contributed by atoms with van der Waals surface area (Å²) in [5.41, 5.74) is 4.87. The van der Waals surface area contributed by atoms with Crippen LogP contribution in [-0.2, 0) is 0 Å². The molecule has 0 amide bonds. The van der Waals surface area contributed by atoms with E-state index in [1.807, 2.05) is 42.5 Å². The van der Waals surface area contributed by atoms with Crippen LogP contribution in [0.15, 0.2) is 42.5 Å². The average molecular weight is 291 g/mol. The van der Waals surface area contributed by atoms with Crippen molar-refractivity contribution < 1.29 is 9.47 Å². The number of fused-ring (bicyclic) bond motifs is 1. The summed E-state index contributed by atoms with van der Waals surface area (Å²) in [4.78, 5) is 0. The van der Waals surface area contributed by atoms with Crippen LogP contribution in [-0.4, -0.2) is 13.2 Å². The number of hydrogen-bond acceptors (Lipinski definition) is 4. The van der Waals surface area contributed by atoms with E-state index in [1.165, 1.54) is 0 Å². The molecule has 0 saturated heterocycles. The van der Waals surface area contributed by atoms with Crippen molar-refractivity contribution >= 4 is 11.6 Å². The summed E-state index contributed by atoms with van der Waals surface area (Å²) in [6, 6.07) is 13.3. The number of hydrogen-bond donors (Lipinski definition) is 2. The van der Waals surface area contributed by atoms with Crippen molar-refractivity contribution in [2.24, 2.45) is 5.84 Å². The Morgan fingerprint density at radius 2 is 1.60 bits per heavy atom. The van der Waals surface area contributed by atoms with Crippen LogP contribution in [0.25, 0.3) is 0 Å². The summed E-state index contributed by atoms with van der Waals surface area (Å²) in [6.07, 6.45) is 0. The van der Waals surface area contributed by atoms with Gasteiger partial charge in [0, 0.05) is 5.02 Å². The first kappa shape index (κ1) is 13.2. The van der Waals surface area contributed by atoms with Crippen LogP contribution in [0.2, 0.25) is 5.02 Å². The first-order valence-electron chi connectivity index (χ1n) is 6.39. The zero-order chi connectivity index (χ0) is 13.9. The SMILES string of the molecule is NNC(c1ccc(Cl)cc1)c1ccc2c(c1)OCCO2. The van der Waals surface area contributed by atoms with Gasteiger partial charge in [-0.25, -0.2) is 5.43 Å². The molecule has 5 heteroatoms. The molecule has 3 rings (SSSR count). The molecular formula is C15H15ClN2O2. The van der Waals surface area contributed by atoms with Crippen molar-refractivity contribution in [2.75, 3.05) is 13.2 Å². The fourth-order valence-electron chi connectivity index (χ4n) is 2.28. The molecule has 1 aliphatic rings. The summed E-state index contributed by atoms with van der Waals surface area (Å²) >= 11 is 5.91. The van der Waals surface area contributed by atoms with Gasteiger partial charge in [0.2, 0.25) is 0 Å². The van der Waals surface area contributed by atoms with E-state index in [2.05, 4.69) is 5.43 Å². The molecule has 1 heterocycles. The molecule has 3 N–H and O–H groups in total. The van der Waals surface area contributed by atoms with Gasteiger partial charge < -0.3 is 9.47 Å². The van der Waals surface area contributed by atoms with E-state index in [0.29, 0.717) is 18.2 Å². The van der Waals surface area contributed by atoms with Crippen molar-refractivity contribution in [3.05, 3.63) is 58.6 Å². The van der Waals surface area contributed by atoms with Gasteiger partial charge in [0.15, 0.2) is 11.5 Å². The topological polar surface area (TPSA) is 56.5 Å². The Bertz CT molecular complexity index is 601. The van der Waals surface area contributed by atoms with Crippen molar-refractivity contribution in [3.63, 3.8) is 0 Å². The van der Waals surface area contributed by atoms with Crippen LogP contribution in [0, 0.1) is 0 Å². The smallest absolute Gasteiger partial charge is 0.161 e. The van der Waals surface area contributed by atoms with Gasteiger partial charge in [0.05, 0.1) is 6.04 Å². The first-order chi connectivity index (χ1) is 9.78. The zero-order valence-corrected chi connectivity index (χ0v) is 11.6. The molecule has 0 aromatic heterocycles. The normalized spacial score (nSPS) is 14.9. The molecule has 0 radical (unpaired) electrons. The van der Waals surface area contributed by atoms with Crippen LogP contribution >= 0.6 is 11.6 Å². The molecule has 20 heavy (non-hydrogen) atoms. The van der Waals surface area contributed by atoms with Gasteiger partial charge in [-0.05, 0) is 35.4 Å². The minimum absolute atomic E-state index is 0.122. The number of hydrazine groups is 1. The highest BCUT2D eigenvalue weighted by Gasteiger charge is 2.17. The number of benzene rings is 2. The van der Waals surface area contributed by atoms with E-state index in [1.54, 1.807) is 0 Å². The molecule has 1 unspecified atom stereocenters. The van der Waals surface area contributed by atoms with Crippen LogP contribution < -0.4 is 20.7 Å². The third-order valence-electron chi connectivity index (χ3n) is 3.27. The number of rotatable bonds is 3. The van der Waals surface area contributed by atoms with Gasteiger partial charge in [-0.2, -0.15) is 0 Å². The molecule has 0 bridgehead atoms. The molecular weight excluding hydrogens is 276 g/mol. The van der Waals surface area contributed by atoms with Gasteiger partial charge >= 0.3 is 0 Å². The number of nitrogens with two attached hydrogens (primary N) is 1. The Hall–Kier alpha value is -1.75. The Balaban J connectivity index is 1.94. The lowest BCUT2D eigenvalue weighted by atomic mass is 9.99. The minimum atomic E-state index is -0.122. The van der Waals surface area contributed by atoms with Gasteiger partial charge in [-0.15, -0.1) is 0 Å². The zero-order valence-electron chi connectivity index (χ0n) is 10.8. The molecule has 104 valence electrons. The van der Waals surface area contributed by atoms with Crippen molar-refractivity contribution in [1.82, 2.24) is 5.43 Å². The van der Waals surface area contributed by atoms with Gasteiger partial charge in [0.1, 0.15) is 13.2 Å². The van der Waals surface area contributed by atoms with Crippen LogP contribution in [0.3, 0.4) is 0 Å². The largest absolute Gasteiger partial charge is 0.486 e. The van der Waals surface area contributed by atoms with E-state index in [-0.39, 0.29) is 6.04 Å². The summed E-state index contributed by atoms with van der Waals surface area (Å²) in [7, 11) is 0. The molecule has 2 aromatic rings. The lowest BCUT2D eigenvalue weighted by Crippen LogP contribution is -2.29. The first-order valence-corrected chi connectivity index (χ1v) is 6.77. The highest BCUT2D eigenvalue weighted by Crippen LogP contribution is 2.34. The maximum Gasteiger partial charge on any atom is 0.161 e. The van der Waals surface area contributed by atoms with Crippen molar-refractivity contribution in [2.45, 2.75) is 6.04 Å². The second-order valence-electron chi connectivity index (χ2n) is 4.55. The molecule has 1 aliphatic heterocycles. The Kier molecular flexibility index (Phi) is 3.78. The van der Waals surface area contributed by atoms with Gasteiger partial charge in [-0.1, -0.05) is 29.8 Å². The summed E-state index contributed by atoms with van der Waals surface area (Å²) in [5, 5.41) is 0.701. The van der Waals surface area contributed by atoms with Gasteiger partial charge in [0.25, 0.3) is 0 Å². The second-order valence-corrected chi connectivity index (χ2v) is 4.99. The number of halogens is 1. The van der Waals surface area contributed by atoms with E-state index in [0.717, 1.165) is 22.6 Å². The molecule has 1 atom stereocenters. The predicted octanol–water partition coefficient (Wildman–Crippen LogP) is 2.66. The molecule has 0 saturated carbocycles. The number of ether oxygens (including phenoxy) is 2. The number of nitrogens with one attached hydrogen (secondary N) is 1. The standard InChI is InChI=1S/C15H15ClN2O2/c16-12-4-1-10(2-5-12)15(18-17)11-3-6-13-14(9-11)20-8-7-19-13/h1-6,9,15,18H,7-8,17H2. The third kappa shape index (κ3) is 2.58. The molecule has 0 spiro atoms. The Labute approximate surface area is 122 Å². The maximum atomic E-state index is 5.91. The molecule has 0 fully saturated rings. The summed E-state index contributed by atoms with van der Waals surface area (Å²) in [6.45, 7) is 1.15. The van der Waals surface area contributed by atoms with Crippen LogP contribution in [0.1, 0.15) is 17.2 Å². The lowest BCUT2D eigenvalue weighted by molar-refractivity contribution is 0.171. The lowest BCUT2D eigenvalue weighted by Gasteiger charge is -2.22. The third-order valence-corrected chi connectivity index (χ3v) is 3.52. The van der Waals surface area contributed by atoms with Crippen molar-refractivity contribution in [3.8, 4) is 11.5 Å². The maximum absolute atomic E-state index is 5.91. The van der Waals surface area contributed by atoms with Gasteiger partial charge in [-0.3, -0.25) is 5.84 Å².